The summed E-state index contributed by atoms with van der Waals surface area (Å²) in [5, 5.41) is 0. The smallest absolute Gasteiger partial charge is 0.172 e. The molecule has 46 heavy (non-hydrogen) atoms. The molecule has 1 aliphatic rings. The van der Waals surface area contributed by atoms with E-state index in [1.165, 1.54) is 94.2 Å². The van der Waals surface area contributed by atoms with Gasteiger partial charge in [0.1, 0.15) is 0 Å². The molecule has 0 fully saturated rings. The molecule has 0 saturated carbocycles. The van der Waals surface area contributed by atoms with E-state index >= 15 is 0 Å². The van der Waals surface area contributed by atoms with Crippen LogP contribution in [0.1, 0.15) is 97.2 Å². The number of halogens is 2. The van der Waals surface area contributed by atoms with Crippen LogP contribution in [0.15, 0.2) is 97.1 Å². The van der Waals surface area contributed by atoms with E-state index in [1.807, 2.05) is 30.3 Å². The van der Waals surface area contributed by atoms with Gasteiger partial charge in [-0.25, -0.2) is 12.1 Å². The molecule has 5 aromatic carbocycles. The second kappa shape index (κ2) is 16.6. The van der Waals surface area contributed by atoms with Crippen molar-refractivity contribution in [2.75, 3.05) is 0 Å². The van der Waals surface area contributed by atoms with E-state index in [-0.39, 0.29) is 35.6 Å². The van der Waals surface area contributed by atoms with Crippen molar-refractivity contribution in [1.82, 2.24) is 0 Å². The van der Waals surface area contributed by atoms with Crippen LogP contribution in [0, 0.1) is 33.8 Å². The van der Waals surface area contributed by atoms with Gasteiger partial charge in [0, 0.05) is 0 Å². The van der Waals surface area contributed by atoms with Gasteiger partial charge in [-0.3, -0.25) is 0 Å². The van der Waals surface area contributed by atoms with E-state index in [4.69, 9.17) is 0 Å². The van der Waals surface area contributed by atoms with Crippen LogP contribution < -0.4 is 24.8 Å². The Morgan fingerprint density at radius 1 is 0.630 bits per heavy atom. The summed E-state index contributed by atoms with van der Waals surface area (Å²) in [6.07, 6.45) is 1.03. The monoisotopic (exact) mass is 724 g/mol. The Morgan fingerprint density at radius 2 is 1.15 bits per heavy atom. The largest absolute Gasteiger partial charge is 1.00 e. The fourth-order valence-electron chi connectivity index (χ4n) is 5.31. The van der Waals surface area contributed by atoms with Crippen molar-refractivity contribution in [1.29, 1.82) is 0 Å². The number of aryl methyl sites for hydroxylation is 4. The van der Waals surface area contributed by atoms with Gasteiger partial charge in [-0.2, -0.15) is 42.0 Å². The molecule has 1 aliphatic carbocycles. The quantitative estimate of drug-likeness (QED) is 0.218. The van der Waals surface area contributed by atoms with Gasteiger partial charge in [0.15, 0.2) is 0 Å². The molecule has 5 aromatic rings. The minimum atomic E-state index is 0. The average Bonchev–Trinajstić information content (AvgIpc) is 3.66. The predicted octanol–water partition coefficient (Wildman–Crippen LogP) is 5.10. The first-order chi connectivity index (χ1) is 20.6. The molecule has 0 N–H and O–H groups in total. The molecular weight excluding hydrogens is 679 g/mol. The zero-order valence-corrected chi connectivity index (χ0v) is 33.2. The Balaban J connectivity index is 0.000000270. The normalized spacial score (nSPS) is 11.4. The second-order valence-corrected chi connectivity index (χ2v) is 15.5. The van der Waals surface area contributed by atoms with Crippen LogP contribution in [0.3, 0.4) is 0 Å². The summed E-state index contributed by atoms with van der Waals surface area (Å²) >= 11 is 1.47. The van der Waals surface area contributed by atoms with Crippen molar-refractivity contribution in [3.63, 3.8) is 0 Å². The van der Waals surface area contributed by atoms with Crippen molar-refractivity contribution in [3.05, 3.63) is 159 Å². The third-order valence-electron chi connectivity index (χ3n) is 8.61. The summed E-state index contributed by atoms with van der Waals surface area (Å²) < 4.78 is 1.44. The third kappa shape index (κ3) is 10.0. The molecule has 6 rings (SSSR count). The molecule has 0 amide bonds. The molecule has 0 unspecified atom stereocenters. The molecule has 0 heterocycles. The summed E-state index contributed by atoms with van der Waals surface area (Å²) in [5.74, 6) is 0. The Hall–Kier alpha value is -2.44. The molecule has 0 spiro atoms. The number of hydrogen-bond donors (Lipinski definition) is 0. The van der Waals surface area contributed by atoms with Crippen molar-refractivity contribution in [2.45, 2.75) is 86.5 Å². The van der Waals surface area contributed by atoms with Gasteiger partial charge in [-0.05, 0) is 28.4 Å². The van der Waals surface area contributed by atoms with Gasteiger partial charge in [0.05, 0.1) is 0 Å². The fourth-order valence-corrected chi connectivity index (χ4v) is 6.07. The average molecular weight is 727 g/mol. The van der Waals surface area contributed by atoms with Crippen molar-refractivity contribution < 1.29 is 49.0 Å². The molecule has 0 nitrogen and oxygen atoms in total. The van der Waals surface area contributed by atoms with E-state index in [1.54, 1.807) is 0 Å². The van der Waals surface area contributed by atoms with Crippen molar-refractivity contribution >= 4 is 3.21 Å². The zero-order chi connectivity index (χ0) is 32.2. The molecule has 0 saturated heterocycles. The first-order valence-electron chi connectivity index (χ1n) is 15.7. The number of rotatable bonds is 2. The summed E-state index contributed by atoms with van der Waals surface area (Å²) in [6.45, 7) is 22.3. The van der Waals surface area contributed by atoms with Crippen LogP contribution in [0.25, 0.3) is 11.1 Å². The van der Waals surface area contributed by atoms with Gasteiger partial charge in [0.2, 0.25) is 0 Å². The van der Waals surface area contributed by atoms with E-state index in [9.17, 15) is 0 Å². The number of hydrogen-bond acceptors (Lipinski definition) is 0. The summed E-state index contributed by atoms with van der Waals surface area (Å²) in [5.41, 5.74) is 16.9. The van der Waals surface area contributed by atoms with Crippen molar-refractivity contribution in [2.24, 2.45) is 0 Å². The first kappa shape index (κ1) is 39.7. The molecule has 0 radical (unpaired) electrons. The maximum Gasteiger partial charge on any atom is -0.172 e. The van der Waals surface area contributed by atoms with Crippen LogP contribution in [0.5, 0.6) is 0 Å². The topological polar surface area (TPSA) is 0 Å². The van der Waals surface area contributed by atoms with E-state index in [2.05, 4.69) is 142 Å². The Kier molecular flexibility index (Phi) is 14.3. The van der Waals surface area contributed by atoms with Gasteiger partial charge in [-0.15, -0.1) is 11.1 Å². The van der Waals surface area contributed by atoms with Crippen LogP contribution in [-0.4, -0.2) is 3.21 Å². The van der Waals surface area contributed by atoms with Gasteiger partial charge < -0.3 is 24.8 Å². The third-order valence-corrected chi connectivity index (χ3v) is 10.0. The molecule has 240 valence electrons. The summed E-state index contributed by atoms with van der Waals surface area (Å²) in [6, 6.07) is 38.7. The Labute approximate surface area is 306 Å². The number of benzene rings is 4. The van der Waals surface area contributed by atoms with E-state index in [0.29, 0.717) is 0 Å². The maximum atomic E-state index is 3.67. The minimum Gasteiger partial charge on any atom is -1.00 e. The minimum absolute atomic E-state index is 0. The van der Waals surface area contributed by atoms with Crippen LogP contribution in [0.2, 0.25) is 0 Å². The molecule has 3 heteroatoms. The second-order valence-electron chi connectivity index (χ2n) is 14.2. The van der Waals surface area contributed by atoms with Crippen LogP contribution in [-0.2, 0) is 41.5 Å². The summed E-state index contributed by atoms with van der Waals surface area (Å²) in [4.78, 5) is 0. The van der Waals surface area contributed by atoms with Gasteiger partial charge >= 0.3 is 125 Å². The van der Waals surface area contributed by atoms with Crippen LogP contribution in [0.4, 0.5) is 0 Å². The fraction of sp³-hybridized carbons (Fsp3) is 0.302. The standard InChI is InChI=1S/C21H25.C17H18.C5H5.2ClH.Zr/c1-20(2,3)16-7-9-18-14(12-16)11-15-13-17(21(4,5)6)8-10-19(15)18;1-12-5-7-16(9-14(12)3)11-17-8-6-13(2)15(4)10-17;1-2-4-5-3-1;;;/h7-10,12H,11H2,1-6H3;5-10H,1-4H3;1-5H;2*1H;/q-1;;-1;;;+2/p-2. The molecular formula is C43H48Cl2Zr-2. The first-order valence-corrected chi connectivity index (χ1v) is 17.0. The van der Waals surface area contributed by atoms with E-state index < -0.39 is 0 Å². The van der Waals surface area contributed by atoms with Gasteiger partial charge in [-0.1, -0.05) is 65.3 Å². The maximum absolute atomic E-state index is 3.67. The Bertz CT molecular complexity index is 1610. The SMILES string of the molecule is CC(C)(C)c1[c-]c2c(cc1)-c1ccc(C(C)(C)C)cc1C2.Cc1ccc([C](=[Zr+2])c2ccc(C)c(C)c2)cc1C.[Cl-].[Cl-].c1cc[cH-]c1. The zero-order valence-electron chi connectivity index (χ0n) is 29.2. The molecule has 0 bridgehead atoms. The summed E-state index contributed by atoms with van der Waals surface area (Å²) in [7, 11) is 0. The van der Waals surface area contributed by atoms with Crippen LogP contribution >= 0.6 is 0 Å². The number of fused-ring (bicyclic) bond motifs is 3. The molecule has 0 aromatic heterocycles. The Morgan fingerprint density at radius 3 is 1.59 bits per heavy atom. The molecule has 0 atom stereocenters. The van der Waals surface area contributed by atoms with E-state index in [0.717, 1.165) is 6.42 Å². The van der Waals surface area contributed by atoms with Gasteiger partial charge in [0.25, 0.3) is 0 Å². The molecule has 0 aliphatic heterocycles. The van der Waals surface area contributed by atoms with Crippen molar-refractivity contribution in [3.8, 4) is 11.1 Å². The predicted molar refractivity (Wildman–Crippen MR) is 188 cm³/mol.